The van der Waals surface area contributed by atoms with Gasteiger partial charge in [0.05, 0.1) is 5.92 Å². The molecule has 1 aromatic carbocycles. The minimum absolute atomic E-state index is 0.193. The number of hydrogen-bond acceptors (Lipinski definition) is 1. The van der Waals surface area contributed by atoms with Gasteiger partial charge in [-0.15, -0.1) is 0 Å². The Hall–Kier alpha value is -1.19. The van der Waals surface area contributed by atoms with Crippen LogP contribution >= 0.6 is 0 Å². The van der Waals surface area contributed by atoms with E-state index in [1.807, 2.05) is 0 Å². The number of rotatable bonds is 4. The third-order valence-corrected chi connectivity index (χ3v) is 3.29. The highest BCUT2D eigenvalue weighted by Crippen LogP contribution is 2.42. The van der Waals surface area contributed by atoms with Crippen molar-refractivity contribution in [2.24, 2.45) is 5.92 Å². The minimum atomic E-state index is -4.16. The molecule has 1 nitrogen and oxygen atoms in total. The van der Waals surface area contributed by atoms with Gasteiger partial charge in [-0.05, 0) is 36.5 Å². The highest BCUT2D eigenvalue weighted by Gasteiger charge is 2.41. The smallest absolute Gasteiger partial charge is 0.395 e. The highest BCUT2D eigenvalue weighted by molar-refractivity contribution is 5.40. The lowest BCUT2D eigenvalue weighted by Crippen LogP contribution is -2.21. The maximum absolute atomic E-state index is 12.9. The number of nitrogens with two attached hydrogens (primary N) is 1. The Bertz CT molecular complexity index is 365. The summed E-state index contributed by atoms with van der Waals surface area (Å²) in [7, 11) is 0. The van der Waals surface area contributed by atoms with Gasteiger partial charge in [-0.3, -0.25) is 0 Å². The molecule has 0 amide bonds. The fraction of sp³-hybridized carbons (Fsp3) is 0.538. The fourth-order valence-corrected chi connectivity index (χ4v) is 2.06. The van der Waals surface area contributed by atoms with Gasteiger partial charge < -0.3 is 5.73 Å². The summed E-state index contributed by atoms with van der Waals surface area (Å²) in [5.41, 5.74) is 6.31. The molecule has 1 aromatic rings. The summed E-state index contributed by atoms with van der Waals surface area (Å²) >= 11 is 0. The van der Waals surface area contributed by atoms with Crippen molar-refractivity contribution >= 4 is 5.69 Å². The Labute approximate surface area is 98.8 Å². The lowest BCUT2D eigenvalue weighted by Gasteiger charge is -2.20. The van der Waals surface area contributed by atoms with E-state index in [9.17, 15) is 13.2 Å². The van der Waals surface area contributed by atoms with Gasteiger partial charge in [0.1, 0.15) is 0 Å². The topological polar surface area (TPSA) is 26.0 Å². The van der Waals surface area contributed by atoms with Crippen molar-refractivity contribution in [1.82, 2.24) is 0 Å². The van der Waals surface area contributed by atoms with E-state index in [1.54, 1.807) is 0 Å². The zero-order chi connectivity index (χ0) is 12.5. The molecule has 2 rings (SSSR count). The molecule has 4 heteroatoms. The van der Waals surface area contributed by atoms with E-state index in [2.05, 4.69) is 0 Å². The number of anilines is 1. The molecule has 94 valence electrons. The van der Waals surface area contributed by atoms with Gasteiger partial charge in [0, 0.05) is 5.69 Å². The predicted molar refractivity (Wildman–Crippen MR) is 61.6 cm³/mol. The molecule has 0 heterocycles. The molecule has 1 fully saturated rings. The molecule has 0 radical (unpaired) electrons. The first-order valence-corrected chi connectivity index (χ1v) is 5.89. The Morgan fingerprint density at radius 1 is 1.18 bits per heavy atom. The molecule has 1 aliphatic rings. The molecule has 0 aliphatic heterocycles. The van der Waals surface area contributed by atoms with Crippen molar-refractivity contribution in [1.29, 1.82) is 0 Å². The van der Waals surface area contributed by atoms with Crippen LogP contribution in [0, 0.1) is 5.92 Å². The van der Waals surface area contributed by atoms with Crippen molar-refractivity contribution in [3.05, 3.63) is 29.8 Å². The number of halogens is 3. The van der Waals surface area contributed by atoms with Crippen LogP contribution in [-0.4, -0.2) is 6.18 Å². The average molecular weight is 243 g/mol. The average Bonchev–Trinajstić information content (AvgIpc) is 3.03. The largest absolute Gasteiger partial charge is 0.399 e. The third kappa shape index (κ3) is 3.38. The molecule has 1 saturated carbocycles. The second-order valence-electron chi connectivity index (χ2n) is 4.78. The van der Waals surface area contributed by atoms with Crippen LogP contribution in [0.1, 0.15) is 37.2 Å². The third-order valence-electron chi connectivity index (χ3n) is 3.29. The van der Waals surface area contributed by atoms with Gasteiger partial charge in [-0.2, -0.15) is 13.2 Å². The van der Waals surface area contributed by atoms with Gasteiger partial charge in [-0.1, -0.05) is 25.0 Å². The Morgan fingerprint density at radius 3 is 2.24 bits per heavy atom. The number of nitrogen functional groups attached to an aromatic ring is 1. The first-order chi connectivity index (χ1) is 7.97. The van der Waals surface area contributed by atoms with Crippen LogP contribution < -0.4 is 5.73 Å². The van der Waals surface area contributed by atoms with Crippen molar-refractivity contribution in [2.75, 3.05) is 5.73 Å². The lowest BCUT2D eigenvalue weighted by atomic mass is 9.92. The maximum Gasteiger partial charge on any atom is 0.395 e. The standard InChI is InChI=1S/C13H16F3N/c14-13(15,16)12(8-3-9-1-2-9)10-4-6-11(17)7-5-10/h4-7,9,12H,1-3,8,17H2. The first kappa shape index (κ1) is 12.3. The number of benzene rings is 1. The van der Waals surface area contributed by atoms with Crippen LogP contribution in [0.15, 0.2) is 24.3 Å². The molecule has 0 saturated heterocycles. The summed E-state index contributed by atoms with van der Waals surface area (Å²) in [5.74, 6) is -0.822. The second-order valence-corrected chi connectivity index (χ2v) is 4.78. The Kier molecular flexibility index (Phi) is 3.31. The van der Waals surface area contributed by atoms with E-state index < -0.39 is 12.1 Å². The molecule has 17 heavy (non-hydrogen) atoms. The van der Waals surface area contributed by atoms with E-state index >= 15 is 0 Å². The lowest BCUT2D eigenvalue weighted by molar-refractivity contribution is -0.152. The van der Waals surface area contributed by atoms with Crippen LogP contribution in [0.5, 0.6) is 0 Å². The minimum Gasteiger partial charge on any atom is -0.399 e. The predicted octanol–water partition coefficient (Wildman–Crippen LogP) is 4.10. The number of hydrogen-bond donors (Lipinski definition) is 1. The van der Waals surface area contributed by atoms with E-state index in [4.69, 9.17) is 5.73 Å². The molecule has 0 bridgehead atoms. The highest BCUT2D eigenvalue weighted by atomic mass is 19.4. The second kappa shape index (κ2) is 4.59. The Balaban J connectivity index is 2.10. The molecule has 0 spiro atoms. The summed E-state index contributed by atoms with van der Waals surface area (Å²) in [6.07, 6.45) is -1.11. The fourth-order valence-electron chi connectivity index (χ4n) is 2.06. The van der Waals surface area contributed by atoms with Gasteiger partial charge in [0.2, 0.25) is 0 Å². The maximum atomic E-state index is 12.9. The summed E-state index contributed by atoms with van der Waals surface area (Å²) in [5, 5.41) is 0. The van der Waals surface area contributed by atoms with Gasteiger partial charge >= 0.3 is 6.18 Å². The van der Waals surface area contributed by atoms with Crippen LogP contribution in [0.3, 0.4) is 0 Å². The van der Waals surface area contributed by atoms with E-state index in [1.165, 1.54) is 24.3 Å². The van der Waals surface area contributed by atoms with Crippen LogP contribution in [0.2, 0.25) is 0 Å². The zero-order valence-corrected chi connectivity index (χ0v) is 9.50. The van der Waals surface area contributed by atoms with Crippen molar-refractivity contribution in [3.63, 3.8) is 0 Å². The van der Waals surface area contributed by atoms with Crippen LogP contribution in [0.25, 0.3) is 0 Å². The van der Waals surface area contributed by atoms with Crippen molar-refractivity contribution < 1.29 is 13.2 Å². The number of alkyl halides is 3. The monoisotopic (exact) mass is 243 g/mol. The molecule has 2 N–H and O–H groups in total. The summed E-state index contributed by atoms with van der Waals surface area (Å²) in [6, 6.07) is 6.04. The molecule has 1 atom stereocenters. The van der Waals surface area contributed by atoms with Crippen LogP contribution in [0.4, 0.5) is 18.9 Å². The summed E-state index contributed by atoms with van der Waals surface area (Å²) < 4.78 is 38.8. The SMILES string of the molecule is Nc1ccc(C(CCC2CC2)C(F)(F)F)cc1. The normalized spacial score (nSPS) is 18.1. The molecule has 1 aliphatic carbocycles. The molecular formula is C13H16F3N. The van der Waals surface area contributed by atoms with Crippen LogP contribution in [-0.2, 0) is 0 Å². The van der Waals surface area contributed by atoms with Gasteiger partial charge in [-0.25, -0.2) is 0 Å². The van der Waals surface area contributed by atoms with E-state index in [-0.39, 0.29) is 6.42 Å². The van der Waals surface area contributed by atoms with Gasteiger partial charge in [0.15, 0.2) is 0 Å². The summed E-state index contributed by atoms with van der Waals surface area (Å²) in [6.45, 7) is 0. The summed E-state index contributed by atoms with van der Waals surface area (Å²) in [4.78, 5) is 0. The quantitative estimate of drug-likeness (QED) is 0.791. The van der Waals surface area contributed by atoms with E-state index in [0.717, 1.165) is 12.8 Å². The van der Waals surface area contributed by atoms with Crippen molar-refractivity contribution in [3.8, 4) is 0 Å². The molecule has 1 unspecified atom stereocenters. The Morgan fingerprint density at radius 2 is 1.76 bits per heavy atom. The van der Waals surface area contributed by atoms with Crippen molar-refractivity contribution in [2.45, 2.75) is 37.8 Å². The zero-order valence-electron chi connectivity index (χ0n) is 9.50. The molecular weight excluding hydrogens is 227 g/mol. The van der Waals surface area contributed by atoms with E-state index in [0.29, 0.717) is 23.6 Å². The first-order valence-electron chi connectivity index (χ1n) is 5.89. The molecule has 0 aromatic heterocycles. The van der Waals surface area contributed by atoms with Gasteiger partial charge in [0.25, 0.3) is 0 Å².